The Bertz CT molecular complexity index is 971. The lowest BCUT2D eigenvalue weighted by molar-refractivity contribution is -0.763. The molecule has 116 valence electrons. The van der Waals surface area contributed by atoms with Gasteiger partial charge in [-0.3, -0.25) is 4.98 Å². The van der Waals surface area contributed by atoms with Crippen LogP contribution < -0.4 is 4.68 Å². The van der Waals surface area contributed by atoms with E-state index in [2.05, 4.69) is 56.3 Å². The summed E-state index contributed by atoms with van der Waals surface area (Å²) < 4.78 is 9.49. The van der Waals surface area contributed by atoms with Crippen LogP contribution in [0.5, 0.6) is 0 Å². The van der Waals surface area contributed by atoms with E-state index in [-0.39, 0.29) is 0 Å². The maximum Gasteiger partial charge on any atom is 0.308 e. The smallest absolute Gasteiger partial charge is 0.308 e. The molecule has 1 atom stereocenters. The topological polar surface area (TPSA) is 60.1 Å². The predicted molar refractivity (Wildman–Crippen MR) is 85.0 cm³/mol. The highest BCUT2D eigenvalue weighted by Gasteiger charge is 2.16. The second kappa shape index (κ2) is 5.46. The SMILES string of the molecule is CCc1cn2c(cn1)nc[n+]2CC(C)c1ccc2ocnc2c1. The Balaban J connectivity index is 1.66. The third kappa shape index (κ3) is 2.46. The summed E-state index contributed by atoms with van der Waals surface area (Å²) in [5.41, 5.74) is 4.87. The monoisotopic (exact) mass is 308 g/mol. The number of hydrogen-bond donors (Lipinski definition) is 0. The summed E-state index contributed by atoms with van der Waals surface area (Å²) in [5.74, 6) is 0.333. The Kier molecular flexibility index (Phi) is 3.29. The molecule has 4 aromatic rings. The van der Waals surface area contributed by atoms with Crippen molar-refractivity contribution in [3.8, 4) is 0 Å². The minimum absolute atomic E-state index is 0.333. The zero-order chi connectivity index (χ0) is 15.8. The average Bonchev–Trinajstić information content (AvgIpc) is 3.20. The minimum atomic E-state index is 0.333. The molecule has 6 heteroatoms. The zero-order valence-electron chi connectivity index (χ0n) is 13.2. The van der Waals surface area contributed by atoms with Crippen LogP contribution in [0.25, 0.3) is 16.7 Å². The summed E-state index contributed by atoms with van der Waals surface area (Å²) in [5, 5.41) is 0. The Morgan fingerprint density at radius 3 is 3.04 bits per heavy atom. The Labute approximate surface area is 133 Å². The van der Waals surface area contributed by atoms with E-state index < -0.39 is 0 Å². The molecule has 6 nitrogen and oxygen atoms in total. The van der Waals surface area contributed by atoms with E-state index >= 15 is 0 Å². The molecule has 3 aromatic heterocycles. The molecule has 0 spiro atoms. The van der Waals surface area contributed by atoms with Crippen LogP contribution in [0.4, 0.5) is 0 Å². The van der Waals surface area contributed by atoms with Gasteiger partial charge >= 0.3 is 12.0 Å². The van der Waals surface area contributed by atoms with Gasteiger partial charge in [-0.05, 0) is 29.1 Å². The highest BCUT2D eigenvalue weighted by atomic mass is 16.3. The first kappa shape index (κ1) is 13.9. The summed E-state index contributed by atoms with van der Waals surface area (Å²) >= 11 is 0. The van der Waals surface area contributed by atoms with E-state index in [0.717, 1.165) is 35.4 Å². The number of aryl methyl sites for hydroxylation is 1. The van der Waals surface area contributed by atoms with Crippen LogP contribution in [0.3, 0.4) is 0 Å². The molecule has 0 radical (unpaired) electrons. The third-order valence-electron chi connectivity index (χ3n) is 4.20. The van der Waals surface area contributed by atoms with Crippen molar-refractivity contribution in [2.45, 2.75) is 32.7 Å². The van der Waals surface area contributed by atoms with E-state index in [4.69, 9.17) is 4.42 Å². The maximum absolute atomic E-state index is 5.30. The van der Waals surface area contributed by atoms with Crippen LogP contribution >= 0.6 is 0 Å². The zero-order valence-corrected chi connectivity index (χ0v) is 13.2. The van der Waals surface area contributed by atoms with E-state index in [0.29, 0.717) is 5.92 Å². The molecule has 0 aliphatic rings. The first-order chi connectivity index (χ1) is 11.2. The average molecular weight is 308 g/mol. The van der Waals surface area contributed by atoms with Crippen molar-refractivity contribution in [3.63, 3.8) is 0 Å². The molecule has 0 N–H and O–H groups in total. The molecule has 0 saturated heterocycles. The number of aromatic nitrogens is 5. The van der Waals surface area contributed by atoms with Gasteiger partial charge in [0.2, 0.25) is 0 Å². The molecule has 23 heavy (non-hydrogen) atoms. The van der Waals surface area contributed by atoms with Crippen molar-refractivity contribution >= 4 is 16.7 Å². The van der Waals surface area contributed by atoms with Crippen molar-refractivity contribution in [1.82, 2.24) is 19.5 Å². The van der Waals surface area contributed by atoms with Crippen LogP contribution in [0.2, 0.25) is 0 Å². The van der Waals surface area contributed by atoms with Gasteiger partial charge in [0.15, 0.2) is 12.0 Å². The molecule has 0 aliphatic heterocycles. The second-order valence-electron chi connectivity index (χ2n) is 5.78. The van der Waals surface area contributed by atoms with Crippen molar-refractivity contribution < 1.29 is 9.10 Å². The second-order valence-corrected chi connectivity index (χ2v) is 5.78. The van der Waals surface area contributed by atoms with Crippen molar-refractivity contribution in [2.24, 2.45) is 0 Å². The van der Waals surface area contributed by atoms with Crippen LogP contribution in [-0.2, 0) is 13.0 Å². The fraction of sp³-hybridized carbons (Fsp3) is 0.294. The lowest BCUT2D eigenvalue weighted by Crippen LogP contribution is -2.41. The largest absolute Gasteiger partial charge is 0.443 e. The summed E-state index contributed by atoms with van der Waals surface area (Å²) in [7, 11) is 0. The van der Waals surface area contributed by atoms with Gasteiger partial charge in [0.25, 0.3) is 0 Å². The molecule has 0 saturated carbocycles. The summed E-state index contributed by atoms with van der Waals surface area (Å²) in [6.07, 6.45) is 8.13. The molecular formula is C17H18N5O+. The van der Waals surface area contributed by atoms with Gasteiger partial charge in [0.1, 0.15) is 18.3 Å². The molecule has 1 unspecified atom stereocenters. The number of benzene rings is 1. The maximum atomic E-state index is 5.30. The first-order valence-corrected chi connectivity index (χ1v) is 7.79. The highest BCUT2D eigenvalue weighted by molar-refractivity contribution is 5.72. The first-order valence-electron chi connectivity index (χ1n) is 7.79. The number of fused-ring (bicyclic) bond motifs is 2. The standard InChI is InChI=1S/C17H18N5O/c1-3-14-9-22-17(7-18-14)19-10-21(22)8-12(2)13-4-5-16-15(6-13)20-11-23-16/h4-7,9-12H,3,8H2,1-2H3/q+1. The number of rotatable bonds is 4. The van der Waals surface area contributed by atoms with Crippen LogP contribution in [0, 0.1) is 0 Å². The van der Waals surface area contributed by atoms with Crippen molar-refractivity contribution in [2.75, 3.05) is 0 Å². The molecule has 0 amide bonds. The molecule has 0 bridgehead atoms. The molecule has 0 aliphatic carbocycles. The highest BCUT2D eigenvalue weighted by Crippen LogP contribution is 2.21. The number of hydrogen-bond acceptors (Lipinski definition) is 4. The van der Waals surface area contributed by atoms with E-state index in [1.54, 1.807) is 0 Å². The quantitative estimate of drug-likeness (QED) is 0.544. The van der Waals surface area contributed by atoms with Crippen LogP contribution in [0.1, 0.15) is 31.0 Å². The Morgan fingerprint density at radius 1 is 1.26 bits per heavy atom. The molecule has 1 aromatic carbocycles. The third-order valence-corrected chi connectivity index (χ3v) is 4.20. The minimum Gasteiger partial charge on any atom is -0.443 e. The lowest BCUT2D eigenvalue weighted by Gasteiger charge is -2.09. The molecule has 4 rings (SSSR count). The Hall–Kier alpha value is -2.76. The lowest BCUT2D eigenvalue weighted by atomic mass is 10.0. The normalized spacial score (nSPS) is 13.0. The van der Waals surface area contributed by atoms with Gasteiger partial charge in [-0.15, -0.1) is 4.52 Å². The fourth-order valence-corrected chi connectivity index (χ4v) is 2.81. The molecular weight excluding hydrogens is 290 g/mol. The van der Waals surface area contributed by atoms with Gasteiger partial charge in [-0.2, -0.15) is 4.68 Å². The molecule has 0 fully saturated rings. The van der Waals surface area contributed by atoms with Gasteiger partial charge in [0, 0.05) is 5.92 Å². The van der Waals surface area contributed by atoms with Gasteiger partial charge < -0.3 is 4.42 Å². The summed E-state index contributed by atoms with van der Waals surface area (Å²) in [6.45, 7) is 5.14. The van der Waals surface area contributed by atoms with Gasteiger partial charge in [0.05, 0.1) is 11.9 Å². The number of oxazole rings is 1. The Morgan fingerprint density at radius 2 is 2.17 bits per heavy atom. The van der Waals surface area contributed by atoms with Crippen LogP contribution in [0.15, 0.2) is 47.7 Å². The summed E-state index contributed by atoms with van der Waals surface area (Å²) in [6, 6.07) is 6.17. The van der Waals surface area contributed by atoms with Gasteiger partial charge in [-0.25, -0.2) is 4.98 Å². The van der Waals surface area contributed by atoms with E-state index in [9.17, 15) is 0 Å². The summed E-state index contributed by atoms with van der Waals surface area (Å²) in [4.78, 5) is 13.0. The van der Waals surface area contributed by atoms with Crippen LogP contribution in [-0.4, -0.2) is 19.5 Å². The van der Waals surface area contributed by atoms with Crippen molar-refractivity contribution in [3.05, 3.63) is 54.6 Å². The van der Waals surface area contributed by atoms with Gasteiger partial charge in [-0.1, -0.05) is 19.9 Å². The van der Waals surface area contributed by atoms with E-state index in [1.807, 2.05) is 18.6 Å². The van der Waals surface area contributed by atoms with E-state index in [1.165, 1.54) is 12.0 Å². The van der Waals surface area contributed by atoms with Crippen molar-refractivity contribution in [1.29, 1.82) is 0 Å². The fourth-order valence-electron chi connectivity index (χ4n) is 2.81. The predicted octanol–water partition coefficient (Wildman–Crippen LogP) is 2.52. The number of nitrogens with zero attached hydrogens (tertiary/aromatic N) is 5. The molecule has 3 heterocycles.